The standard InChI is InChI=1S/C24H20F4N4O2/c25-22-18(24(26,27)28)5-2-6-19(22)32-21(33)8-7-15-3-1-4-16(13-15)34-17-9-10-29-20(14-17)23-30-11-12-31-23/h1-6,9-10,13-14H,7-8,11-12H2,(H,30,31)(H,32,33). The normalized spacial score (nSPS) is 13.2. The fourth-order valence-corrected chi connectivity index (χ4v) is 3.39. The number of aryl methyl sites for hydroxylation is 1. The lowest BCUT2D eigenvalue weighted by atomic mass is 10.1. The Hall–Kier alpha value is -3.95. The highest BCUT2D eigenvalue weighted by molar-refractivity contribution is 5.98. The number of hydrogen-bond acceptors (Lipinski definition) is 5. The molecular weight excluding hydrogens is 452 g/mol. The van der Waals surface area contributed by atoms with Crippen LogP contribution in [0.2, 0.25) is 0 Å². The summed E-state index contributed by atoms with van der Waals surface area (Å²) in [6.07, 6.45) is -2.99. The van der Waals surface area contributed by atoms with Crippen LogP contribution in [0.25, 0.3) is 0 Å². The molecule has 1 aliphatic heterocycles. The molecule has 1 aromatic heterocycles. The number of hydrogen-bond donors (Lipinski definition) is 2. The van der Waals surface area contributed by atoms with Gasteiger partial charge in [-0.1, -0.05) is 18.2 Å². The number of anilines is 1. The van der Waals surface area contributed by atoms with E-state index in [-0.39, 0.29) is 12.8 Å². The number of halogens is 4. The Kier molecular flexibility index (Phi) is 6.76. The molecule has 1 amide bonds. The number of carbonyl (C=O) groups is 1. The minimum absolute atomic E-state index is 0.0516. The van der Waals surface area contributed by atoms with Crippen molar-refractivity contribution in [3.63, 3.8) is 0 Å². The molecule has 2 heterocycles. The quantitative estimate of drug-likeness (QED) is 0.477. The number of aromatic nitrogens is 1. The third-order valence-corrected chi connectivity index (χ3v) is 5.00. The van der Waals surface area contributed by atoms with E-state index in [1.807, 2.05) is 0 Å². The minimum atomic E-state index is -4.85. The zero-order valence-electron chi connectivity index (χ0n) is 17.8. The van der Waals surface area contributed by atoms with Gasteiger partial charge >= 0.3 is 6.18 Å². The zero-order valence-corrected chi connectivity index (χ0v) is 17.8. The number of pyridine rings is 1. The second kappa shape index (κ2) is 9.90. The Morgan fingerprint density at radius 2 is 1.88 bits per heavy atom. The van der Waals surface area contributed by atoms with Gasteiger partial charge in [-0.2, -0.15) is 13.2 Å². The molecule has 0 aliphatic carbocycles. The van der Waals surface area contributed by atoms with Crippen LogP contribution in [0.1, 0.15) is 23.2 Å². The molecule has 0 spiro atoms. The first-order chi connectivity index (χ1) is 16.3. The van der Waals surface area contributed by atoms with Gasteiger partial charge in [-0.15, -0.1) is 0 Å². The van der Waals surface area contributed by atoms with E-state index in [9.17, 15) is 22.4 Å². The van der Waals surface area contributed by atoms with Crippen LogP contribution < -0.4 is 15.4 Å². The Labute approximate surface area is 192 Å². The number of aliphatic imine (C=N–C) groups is 1. The molecule has 2 aromatic carbocycles. The molecule has 0 radical (unpaired) electrons. The van der Waals surface area contributed by atoms with Gasteiger partial charge in [0.05, 0.1) is 17.8 Å². The van der Waals surface area contributed by atoms with E-state index >= 15 is 0 Å². The highest BCUT2D eigenvalue weighted by Gasteiger charge is 2.35. The average Bonchev–Trinajstić information content (AvgIpc) is 3.34. The second-order valence-electron chi connectivity index (χ2n) is 7.50. The SMILES string of the molecule is O=C(CCc1cccc(Oc2ccnc(C3=NCCN3)c2)c1)Nc1cccc(C(F)(F)F)c1F. The van der Waals surface area contributed by atoms with E-state index in [1.165, 1.54) is 0 Å². The van der Waals surface area contributed by atoms with E-state index < -0.39 is 29.2 Å². The molecule has 3 aromatic rings. The average molecular weight is 472 g/mol. The van der Waals surface area contributed by atoms with Crippen molar-refractivity contribution in [2.45, 2.75) is 19.0 Å². The van der Waals surface area contributed by atoms with Crippen LogP contribution in [0, 0.1) is 5.82 Å². The van der Waals surface area contributed by atoms with Crippen molar-refractivity contribution in [3.8, 4) is 11.5 Å². The first kappa shape index (κ1) is 23.2. The number of ether oxygens (including phenoxy) is 1. The molecule has 0 bridgehead atoms. The predicted molar refractivity (Wildman–Crippen MR) is 119 cm³/mol. The number of alkyl halides is 3. The third-order valence-electron chi connectivity index (χ3n) is 5.00. The molecule has 0 saturated carbocycles. The number of amidine groups is 1. The smallest absolute Gasteiger partial charge is 0.419 e. The predicted octanol–water partition coefficient (Wildman–Crippen LogP) is 4.95. The summed E-state index contributed by atoms with van der Waals surface area (Å²) < 4.78 is 58.6. The molecule has 2 N–H and O–H groups in total. The van der Waals surface area contributed by atoms with Gasteiger partial charge in [0.1, 0.15) is 23.0 Å². The van der Waals surface area contributed by atoms with E-state index in [0.29, 0.717) is 35.6 Å². The van der Waals surface area contributed by atoms with Gasteiger partial charge in [-0.05, 0) is 42.3 Å². The van der Waals surface area contributed by atoms with E-state index in [1.54, 1.807) is 42.6 Å². The van der Waals surface area contributed by atoms with Gasteiger partial charge in [0, 0.05) is 25.2 Å². The number of carbonyl (C=O) groups excluding carboxylic acids is 1. The molecule has 176 valence electrons. The number of benzene rings is 2. The monoisotopic (exact) mass is 472 g/mol. The molecule has 0 atom stereocenters. The van der Waals surface area contributed by atoms with Crippen molar-refractivity contribution < 1.29 is 27.1 Å². The lowest BCUT2D eigenvalue weighted by Gasteiger charge is -2.12. The van der Waals surface area contributed by atoms with Crippen molar-refractivity contribution in [2.24, 2.45) is 4.99 Å². The number of rotatable bonds is 7. The minimum Gasteiger partial charge on any atom is -0.457 e. The van der Waals surface area contributed by atoms with E-state index in [0.717, 1.165) is 24.2 Å². The summed E-state index contributed by atoms with van der Waals surface area (Å²) in [7, 11) is 0. The molecule has 1 aliphatic rings. The van der Waals surface area contributed by atoms with Crippen LogP contribution in [-0.2, 0) is 17.4 Å². The van der Waals surface area contributed by atoms with Crippen molar-refractivity contribution in [2.75, 3.05) is 18.4 Å². The lowest BCUT2D eigenvalue weighted by molar-refractivity contribution is -0.140. The number of nitrogens with zero attached hydrogens (tertiary/aromatic N) is 2. The van der Waals surface area contributed by atoms with Crippen LogP contribution >= 0.6 is 0 Å². The maximum absolute atomic E-state index is 14.1. The Balaban J connectivity index is 1.37. The molecular formula is C24H20F4N4O2. The van der Waals surface area contributed by atoms with Crippen LogP contribution in [0.4, 0.5) is 23.2 Å². The summed E-state index contributed by atoms with van der Waals surface area (Å²) in [5, 5.41) is 5.36. The summed E-state index contributed by atoms with van der Waals surface area (Å²) in [5.74, 6) is -0.290. The summed E-state index contributed by atoms with van der Waals surface area (Å²) in [4.78, 5) is 20.8. The van der Waals surface area contributed by atoms with Crippen LogP contribution in [0.5, 0.6) is 11.5 Å². The fraction of sp³-hybridized carbons (Fsp3) is 0.208. The summed E-state index contributed by atoms with van der Waals surface area (Å²) in [6.45, 7) is 1.45. The van der Waals surface area contributed by atoms with Gasteiger partial charge in [0.15, 0.2) is 5.82 Å². The molecule has 34 heavy (non-hydrogen) atoms. The van der Waals surface area contributed by atoms with Gasteiger partial charge in [-0.3, -0.25) is 14.8 Å². The molecule has 10 heteroatoms. The Morgan fingerprint density at radius 1 is 1.09 bits per heavy atom. The lowest BCUT2D eigenvalue weighted by Crippen LogP contribution is -2.20. The molecule has 0 fully saturated rings. The van der Waals surface area contributed by atoms with Gasteiger partial charge < -0.3 is 15.4 Å². The summed E-state index contributed by atoms with van der Waals surface area (Å²) in [5.41, 5.74) is -0.491. The molecule has 0 saturated heterocycles. The summed E-state index contributed by atoms with van der Waals surface area (Å²) in [6, 6.07) is 13.3. The van der Waals surface area contributed by atoms with Crippen LogP contribution in [-0.4, -0.2) is 29.8 Å². The maximum Gasteiger partial charge on any atom is 0.419 e. The van der Waals surface area contributed by atoms with Gasteiger partial charge in [0.2, 0.25) is 5.91 Å². The Morgan fingerprint density at radius 3 is 2.65 bits per heavy atom. The number of nitrogens with one attached hydrogen (secondary N) is 2. The fourth-order valence-electron chi connectivity index (χ4n) is 3.39. The highest BCUT2D eigenvalue weighted by Crippen LogP contribution is 2.34. The van der Waals surface area contributed by atoms with Crippen molar-refractivity contribution >= 4 is 17.4 Å². The second-order valence-corrected chi connectivity index (χ2v) is 7.50. The zero-order chi connectivity index (χ0) is 24.1. The third kappa shape index (κ3) is 5.69. The summed E-state index contributed by atoms with van der Waals surface area (Å²) >= 11 is 0. The van der Waals surface area contributed by atoms with Gasteiger partial charge in [0.25, 0.3) is 0 Å². The van der Waals surface area contributed by atoms with Crippen molar-refractivity contribution in [3.05, 3.63) is 83.4 Å². The first-order valence-corrected chi connectivity index (χ1v) is 10.5. The van der Waals surface area contributed by atoms with Crippen LogP contribution in [0.3, 0.4) is 0 Å². The largest absolute Gasteiger partial charge is 0.457 e. The van der Waals surface area contributed by atoms with Crippen molar-refractivity contribution in [1.82, 2.24) is 10.3 Å². The number of amides is 1. The molecule has 6 nitrogen and oxygen atoms in total. The topological polar surface area (TPSA) is 75.6 Å². The first-order valence-electron chi connectivity index (χ1n) is 10.5. The molecule has 0 unspecified atom stereocenters. The maximum atomic E-state index is 14.1. The Bertz CT molecular complexity index is 1230. The van der Waals surface area contributed by atoms with Crippen LogP contribution in [0.15, 0.2) is 65.8 Å². The van der Waals surface area contributed by atoms with E-state index in [2.05, 4.69) is 20.6 Å². The highest BCUT2D eigenvalue weighted by atomic mass is 19.4. The molecule has 4 rings (SSSR count). The van der Waals surface area contributed by atoms with Gasteiger partial charge in [-0.25, -0.2) is 4.39 Å². The van der Waals surface area contributed by atoms with E-state index in [4.69, 9.17) is 4.74 Å². The van der Waals surface area contributed by atoms with Crippen molar-refractivity contribution in [1.29, 1.82) is 0 Å².